The molecule has 11 heteroatoms. The first-order valence-corrected chi connectivity index (χ1v) is 17.9. The minimum Gasteiger partial charge on any atom is -0.496 e. The summed E-state index contributed by atoms with van der Waals surface area (Å²) >= 11 is 0. The molecule has 49 heavy (non-hydrogen) atoms. The summed E-state index contributed by atoms with van der Waals surface area (Å²) in [6.07, 6.45) is 6.46. The number of aliphatic hydroxyl groups is 1. The summed E-state index contributed by atoms with van der Waals surface area (Å²) in [6.45, 7) is 6.68. The molecule has 3 heterocycles. The number of aliphatic hydroxyl groups excluding tert-OH is 1. The van der Waals surface area contributed by atoms with Gasteiger partial charge in [-0.25, -0.2) is 0 Å². The quantitative estimate of drug-likeness (QED) is 0.289. The fraction of sp³-hybridized carbons (Fsp3) is 0.605. The zero-order valence-electron chi connectivity index (χ0n) is 29.0. The van der Waals surface area contributed by atoms with Gasteiger partial charge in [-0.3, -0.25) is 19.3 Å². The van der Waals surface area contributed by atoms with Crippen molar-refractivity contribution in [2.45, 2.75) is 88.9 Å². The van der Waals surface area contributed by atoms with Gasteiger partial charge in [-0.15, -0.1) is 12.4 Å². The van der Waals surface area contributed by atoms with Crippen LogP contribution in [0.15, 0.2) is 42.5 Å². The Morgan fingerprint density at radius 2 is 1.76 bits per heavy atom. The third kappa shape index (κ3) is 8.59. The molecule has 2 aromatic carbocycles. The topological polar surface area (TPSA) is 120 Å². The molecule has 4 fully saturated rings. The molecule has 3 amide bonds. The second-order valence-electron chi connectivity index (χ2n) is 14.2. The Kier molecular flexibility index (Phi) is 12.6. The van der Waals surface area contributed by atoms with Gasteiger partial charge < -0.3 is 30.1 Å². The van der Waals surface area contributed by atoms with Crippen LogP contribution in [-0.4, -0.2) is 96.8 Å². The number of likely N-dealkylation sites (tertiary alicyclic amines) is 1. The lowest BCUT2D eigenvalue weighted by molar-refractivity contribution is -0.166. The molecule has 3 N–H and O–H groups in total. The predicted molar refractivity (Wildman–Crippen MR) is 190 cm³/mol. The fourth-order valence-corrected chi connectivity index (χ4v) is 7.55. The van der Waals surface area contributed by atoms with Crippen LogP contribution in [0.1, 0.15) is 85.3 Å². The highest BCUT2D eigenvalue weighted by molar-refractivity contribution is 6.00. The Labute approximate surface area is 296 Å². The maximum atomic E-state index is 13.9. The van der Waals surface area contributed by atoms with E-state index < -0.39 is 17.7 Å². The van der Waals surface area contributed by atoms with E-state index in [0.717, 1.165) is 37.1 Å². The number of carbonyl (C=O) groups is 3. The Morgan fingerprint density at radius 3 is 2.41 bits per heavy atom. The molecule has 0 aromatic heterocycles. The number of carbonyl (C=O) groups excluding carboxylic acids is 3. The molecule has 10 nitrogen and oxygen atoms in total. The van der Waals surface area contributed by atoms with Crippen molar-refractivity contribution >= 4 is 30.1 Å². The van der Waals surface area contributed by atoms with Gasteiger partial charge in [0.1, 0.15) is 17.3 Å². The number of piperazine rings is 1. The summed E-state index contributed by atoms with van der Waals surface area (Å²) in [5.74, 6) is 0.960. The first-order valence-electron chi connectivity index (χ1n) is 17.9. The monoisotopic (exact) mass is 696 g/mol. The van der Waals surface area contributed by atoms with E-state index in [1.807, 2.05) is 23.1 Å². The number of nitrogens with zero attached hydrogens (tertiary/aromatic N) is 2. The minimum atomic E-state index is -0.904. The highest BCUT2D eigenvalue weighted by Gasteiger charge is 2.55. The van der Waals surface area contributed by atoms with Gasteiger partial charge in [-0.2, -0.15) is 0 Å². The number of nitrogens with one attached hydrogen (secondary N) is 2. The van der Waals surface area contributed by atoms with Crippen molar-refractivity contribution in [3.8, 4) is 5.75 Å². The number of methoxy groups -OCH3 is 1. The third-order valence-electron chi connectivity index (χ3n) is 10.9. The lowest BCUT2D eigenvalue weighted by atomic mass is 9.79. The molecule has 3 aliphatic heterocycles. The standard InChI is InChI=1S/C38H52N4O6.ClH/c1-3-4-17-42-36(45)33(34(43)29-13-20-48-21-14-29)40-37(46)38(42)15-18-41(19-16-38)25-28-9-5-26(6-10-28)22-30-11-12-31(23-32(30)47-2)35(44)39-24-27-7-8-27;/h5-6,9-12,23,27,29,33-34,43H,3-4,7-8,13-22,24-25H2,1-2H3,(H,39,44)(H,40,46);1H/t33-,34-;/m1./s1. The van der Waals surface area contributed by atoms with Crippen molar-refractivity contribution in [2.75, 3.05) is 46.5 Å². The molecule has 0 radical (unpaired) electrons. The highest BCUT2D eigenvalue weighted by atomic mass is 35.5. The maximum Gasteiger partial charge on any atom is 0.251 e. The molecule has 3 saturated heterocycles. The number of ether oxygens (including phenoxy) is 2. The molecule has 2 atom stereocenters. The maximum absolute atomic E-state index is 13.9. The van der Waals surface area contributed by atoms with E-state index in [0.29, 0.717) is 82.2 Å². The van der Waals surface area contributed by atoms with E-state index in [-0.39, 0.29) is 36.0 Å². The fourth-order valence-electron chi connectivity index (χ4n) is 7.55. The van der Waals surface area contributed by atoms with Crippen LogP contribution in [0.2, 0.25) is 0 Å². The number of unbranched alkanes of at least 4 members (excludes halogenated alkanes) is 1. The van der Waals surface area contributed by atoms with Crippen LogP contribution in [0.4, 0.5) is 0 Å². The molecule has 6 rings (SSSR count). The Hall–Kier alpha value is -3.18. The van der Waals surface area contributed by atoms with Crippen LogP contribution in [0, 0.1) is 11.8 Å². The van der Waals surface area contributed by atoms with Crippen molar-refractivity contribution in [2.24, 2.45) is 11.8 Å². The van der Waals surface area contributed by atoms with Crippen molar-refractivity contribution in [3.63, 3.8) is 0 Å². The van der Waals surface area contributed by atoms with Crippen molar-refractivity contribution in [1.82, 2.24) is 20.4 Å². The lowest BCUT2D eigenvalue weighted by Crippen LogP contribution is -2.75. The van der Waals surface area contributed by atoms with Gasteiger partial charge in [0, 0.05) is 57.9 Å². The molecule has 1 spiro atoms. The lowest BCUT2D eigenvalue weighted by Gasteiger charge is -2.52. The summed E-state index contributed by atoms with van der Waals surface area (Å²) in [6, 6.07) is 13.4. The van der Waals surface area contributed by atoms with E-state index in [2.05, 4.69) is 46.7 Å². The van der Waals surface area contributed by atoms with Gasteiger partial charge >= 0.3 is 0 Å². The van der Waals surface area contributed by atoms with Gasteiger partial charge in [0.05, 0.1) is 13.2 Å². The molecule has 2 aromatic rings. The molecule has 1 saturated carbocycles. The SMILES string of the molecule is CCCCN1C(=O)[C@@H]([C@H](O)C2CCOCC2)NC(=O)C12CCN(Cc1ccc(Cc3ccc(C(=O)NCC4CC4)cc3OC)cc1)CC2.Cl. The Balaban J connectivity index is 0.00000468. The van der Waals surface area contributed by atoms with E-state index in [9.17, 15) is 19.5 Å². The van der Waals surface area contributed by atoms with Gasteiger partial charge in [-0.1, -0.05) is 43.7 Å². The number of rotatable bonds is 13. The van der Waals surface area contributed by atoms with Crippen molar-refractivity contribution in [3.05, 3.63) is 64.7 Å². The first-order chi connectivity index (χ1) is 23.3. The summed E-state index contributed by atoms with van der Waals surface area (Å²) in [5.41, 5.74) is 3.12. The number of benzene rings is 2. The van der Waals surface area contributed by atoms with Crippen LogP contribution >= 0.6 is 12.4 Å². The second-order valence-corrected chi connectivity index (χ2v) is 14.2. The predicted octanol–water partition coefficient (Wildman–Crippen LogP) is 4.10. The largest absolute Gasteiger partial charge is 0.496 e. The summed E-state index contributed by atoms with van der Waals surface area (Å²) < 4.78 is 11.1. The summed E-state index contributed by atoms with van der Waals surface area (Å²) in [5, 5.41) is 17.2. The summed E-state index contributed by atoms with van der Waals surface area (Å²) in [4.78, 5) is 44.4. The minimum absolute atomic E-state index is 0. The number of halogens is 1. The average molecular weight is 697 g/mol. The zero-order chi connectivity index (χ0) is 33.7. The molecule has 0 unspecified atom stereocenters. The number of amides is 3. The third-order valence-corrected chi connectivity index (χ3v) is 10.9. The van der Waals surface area contributed by atoms with Crippen LogP contribution in [-0.2, 0) is 27.3 Å². The number of hydrogen-bond acceptors (Lipinski definition) is 7. The molecular formula is C38H53ClN4O6. The molecule has 1 aliphatic carbocycles. The first kappa shape index (κ1) is 37.1. The van der Waals surface area contributed by atoms with E-state index in [4.69, 9.17) is 9.47 Å². The summed E-state index contributed by atoms with van der Waals surface area (Å²) in [7, 11) is 1.64. The van der Waals surface area contributed by atoms with Crippen LogP contribution < -0.4 is 15.4 Å². The highest BCUT2D eigenvalue weighted by Crippen LogP contribution is 2.36. The molecule has 0 bridgehead atoms. The Bertz CT molecular complexity index is 1440. The average Bonchev–Trinajstić information content (AvgIpc) is 3.95. The van der Waals surface area contributed by atoms with Gasteiger partial charge in [0.15, 0.2) is 0 Å². The van der Waals surface area contributed by atoms with E-state index in [1.54, 1.807) is 7.11 Å². The van der Waals surface area contributed by atoms with Crippen LogP contribution in [0.25, 0.3) is 0 Å². The van der Waals surface area contributed by atoms with Crippen molar-refractivity contribution in [1.29, 1.82) is 0 Å². The molecular weight excluding hydrogens is 644 g/mol. The molecule has 268 valence electrons. The zero-order valence-corrected chi connectivity index (χ0v) is 29.8. The molecule has 4 aliphatic rings. The van der Waals surface area contributed by atoms with Crippen molar-refractivity contribution < 1.29 is 29.0 Å². The second kappa shape index (κ2) is 16.7. The van der Waals surface area contributed by atoms with Crippen LogP contribution in [0.3, 0.4) is 0 Å². The normalized spacial score (nSPS) is 21.9. The van der Waals surface area contributed by atoms with Crippen LogP contribution in [0.5, 0.6) is 5.75 Å². The number of hydrogen-bond donors (Lipinski definition) is 3. The van der Waals surface area contributed by atoms with E-state index >= 15 is 0 Å². The van der Waals surface area contributed by atoms with E-state index in [1.165, 1.54) is 18.4 Å². The van der Waals surface area contributed by atoms with Gasteiger partial charge in [0.2, 0.25) is 11.8 Å². The Morgan fingerprint density at radius 1 is 1.06 bits per heavy atom. The smallest absolute Gasteiger partial charge is 0.251 e. The number of piperidine rings is 1. The van der Waals surface area contributed by atoms with Gasteiger partial charge in [0.25, 0.3) is 5.91 Å². The van der Waals surface area contributed by atoms with Gasteiger partial charge in [-0.05, 0) is 85.6 Å².